The molecular formula is C103H96Cl4N4O3S4. The molecule has 4 heterocycles. The summed E-state index contributed by atoms with van der Waals surface area (Å²) in [6.07, 6.45) is 32.5. The number of ketones is 2. The minimum Gasteiger partial charge on any atom is -0.491 e. The Morgan fingerprint density at radius 3 is 1.08 bits per heavy atom. The summed E-state index contributed by atoms with van der Waals surface area (Å²) in [5.41, 5.74) is 15.3. The van der Waals surface area contributed by atoms with Crippen LogP contribution in [-0.4, -0.2) is 18.2 Å². The van der Waals surface area contributed by atoms with E-state index in [1.165, 1.54) is 59.9 Å². The number of thiophene rings is 4. The Labute approximate surface area is 732 Å². The molecule has 0 saturated heterocycles. The van der Waals surface area contributed by atoms with E-state index in [2.05, 4.69) is 173 Å². The third-order valence-corrected chi connectivity index (χ3v) is 31.1. The number of carbonyl (C=O) groups excluding carboxylic acids is 2. The quantitative estimate of drug-likeness (QED) is 0.0173. The van der Waals surface area contributed by atoms with Crippen LogP contribution in [0.1, 0.15) is 290 Å². The van der Waals surface area contributed by atoms with Crippen LogP contribution in [0.3, 0.4) is 0 Å². The summed E-state index contributed by atoms with van der Waals surface area (Å²) in [7, 11) is 0. The minimum absolute atomic E-state index is 0.202. The number of unbranched alkanes of at least 4 members (excludes halogenated alkanes) is 17. The van der Waals surface area contributed by atoms with Gasteiger partial charge in [-0.05, 0) is 191 Å². The average molecular weight is 1710 g/mol. The number of halogens is 4. The molecule has 4 aromatic heterocycles. The molecule has 0 aliphatic heterocycles. The predicted molar refractivity (Wildman–Crippen MR) is 498 cm³/mol. The average Bonchev–Trinajstić information content (AvgIpc) is 1.49. The molecule has 0 N–H and O–H groups in total. The fourth-order valence-electron chi connectivity index (χ4n) is 18.7. The highest BCUT2D eigenvalue weighted by molar-refractivity contribution is 7.29. The Hall–Kier alpha value is -8.92. The van der Waals surface area contributed by atoms with Crippen molar-refractivity contribution in [1.29, 1.82) is 10.5 Å². The van der Waals surface area contributed by atoms with Gasteiger partial charge in [0.25, 0.3) is 11.4 Å². The number of hydrogen-bond acceptors (Lipinski definition) is 9. The van der Waals surface area contributed by atoms with Crippen molar-refractivity contribution < 1.29 is 14.3 Å². The van der Waals surface area contributed by atoms with E-state index in [1.54, 1.807) is 58.3 Å². The molecule has 0 bridgehead atoms. The number of rotatable bonds is 34. The summed E-state index contributed by atoms with van der Waals surface area (Å²) < 4.78 is 10.1. The Balaban J connectivity index is 1.05. The lowest BCUT2D eigenvalue weighted by molar-refractivity contribution is 0.103. The summed E-state index contributed by atoms with van der Waals surface area (Å²) in [5.74, 6) is 0.192. The molecular weight excluding hydrogens is 1610 g/mol. The van der Waals surface area contributed by atoms with Gasteiger partial charge in [0.2, 0.25) is 0 Å². The van der Waals surface area contributed by atoms with Crippen LogP contribution in [0.5, 0.6) is 5.75 Å². The van der Waals surface area contributed by atoms with Crippen molar-refractivity contribution in [3.63, 3.8) is 0 Å². The molecule has 0 amide bonds. The van der Waals surface area contributed by atoms with Crippen molar-refractivity contribution >= 4 is 147 Å². The van der Waals surface area contributed by atoms with Gasteiger partial charge in [0.15, 0.2) is 11.6 Å². The van der Waals surface area contributed by atoms with Crippen LogP contribution >= 0.6 is 91.8 Å². The lowest BCUT2D eigenvalue weighted by atomic mass is 9.66. The normalized spacial score (nSPS) is 15.5. The second-order valence-electron chi connectivity index (χ2n) is 32.2. The zero-order valence-corrected chi connectivity index (χ0v) is 74.4. The summed E-state index contributed by atoms with van der Waals surface area (Å²) in [5, 5.41) is 24.5. The summed E-state index contributed by atoms with van der Waals surface area (Å²) in [4.78, 5) is 43.8. The van der Waals surface area contributed by atoms with E-state index in [1.807, 2.05) is 23.5 Å². The molecule has 4 aliphatic rings. The molecule has 0 radical (unpaired) electrons. The molecule has 15 rings (SSSR count). The number of carbonyl (C=O) groups is 2. The SMILES string of the molecule is [C-]#[N+]C(C#N)=C1/C(=C/c2cc3c(s2)-c2sc4c(OCCCCCCCC)c5c6c(sc5c(C)c4c2C3(c2ccc(CCCCCC)cc2)c2ccc(CCCCCC)cc2)-c2sc(/C=C3\C(=O)c4cc(Cl)c(Cl)cc4\C3=C(\C#N)[N+]#[C-])cc2C6(c2ccc(CCCCCC)cc2)c2ccc(CCCCCC)cc2)C(=O)c2cc(Cl)c(Cl)cc21. The van der Waals surface area contributed by atoms with E-state index in [-0.39, 0.29) is 65.3 Å². The monoisotopic (exact) mass is 1700 g/mol. The standard InChI is InChI=1S/C103H96Cl4N4O3S4/c1-9-14-19-24-25-30-51-114-95-90-92-101(98-80(55-72(116-98)53-78-89(86(61-109)111-8)74-57-82(105)84(107)59-76(74)94(78)113)103(92,69-47-39-65(40-48-69)33-28-22-17-12-4)70-49-41-66(42-50-70)34-29-23-18-13-5)117-96(90)62(6)87-91-100(118-99(87)95)97-79(54-71(115-97)52-77-88(85(60-108)110-7)73-56-81(104)83(106)58-75(73)93(77)112)102(91,67-43-35-63(36-44-67)31-26-20-15-10-2)68-45-37-64(38-46-68)32-27-21-16-11-3/h35-50,52-59H,9-34,51H2,1-6H3/b77-52-,78-53-,88-85?,89-86+. The van der Waals surface area contributed by atoms with Crippen LogP contribution in [0.2, 0.25) is 20.1 Å². The van der Waals surface area contributed by atoms with E-state index in [9.17, 15) is 10.5 Å². The fourth-order valence-corrected chi connectivity index (χ4v) is 24.8. The third kappa shape index (κ3) is 15.4. The number of nitriles is 2. The lowest BCUT2D eigenvalue weighted by Crippen LogP contribution is -2.29. The molecule has 0 fully saturated rings. The molecule has 4 aliphatic carbocycles. The fraction of sp³-hybridized carbons (Fsp3) is 0.340. The Kier molecular flexibility index (Phi) is 26.4. The van der Waals surface area contributed by atoms with Gasteiger partial charge in [-0.2, -0.15) is 0 Å². The van der Waals surface area contributed by atoms with E-state index in [0.717, 1.165) is 235 Å². The Morgan fingerprint density at radius 1 is 0.415 bits per heavy atom. The van der Waals surface area contributed by atoms with Crippen LogP contribution < -0.4 is 4.74 Å². The summed E-state index contributed by atoms with van der Waals surface area (Å²) in [6, 6.07) is 53.0. The van der Waals surface area contributed by atoms with Crippen LogP contribution in [0, 0.1) is 42.7 Å². The molecule has 598 valence electrons. The first-order valence-corrected chi connectivity index (χ1v) is 47.3. The van der Waals surface area contributed by atoms with E-state index >= 15 is 9.59 Å². The van der Waals surface area contributed by atoms with E-state index < -0.39 is 10.8 Å². The number of aryl methyl sites for hydroxylation is 5. The molecule has 11 aromatic rings. The van der Waals surface area contributed by atoms with Gasteiger partial charge in [-0.15, -0.1) is 45.3 Å². The lowest BCUT2D eigenvalue weighted by Gasteiger charge is -2.34. The van der Waals surface area contributed by atoms with Gasteiger partial charge in [-0.1, -0.05) is 287 Å². The van der Waals surface area contributed by atoms with Crippen molar-refractivity contribution in [3.05, 3.63) is 303 Å². The van der Waals surface area contributed by atoms with Gasteiger partial charge in [-0.25, -0.2) is 20.2 Å². The van der Waals surface area contributed by atoms with Gasteiger partial charge in [0, 0.05) is 64.2 Å². The van der Waals surface area contributed by atoms with Crippen molar-refractivity contribution in [2.75, 3.05) is 6.61 Å². The molecule has 0 saturated carbocycles. The minimum atomic E-state index is -0.976. The highest BCUT2D eigenvalue weighted by Crippen LogP contribution is 2.70. The molecule has 7 aromatic carbocycles. The van der Waals surface area contributed by atoms with Crippen LogP contribution in [0.4, 0.5) is 0 Å². The van der Waals surface area contributed by atoms with Gasteiger partial charge in [0.05, 0.1) is 87.0 Å². The summed E-state index contributed by atoms with van der Waals surface area (Å²) >= 11 is 33.8. The first kappa shape index (κ1) is 84.1. The third-order valence-electron chi connectivity index (χ3n) is 24.7. The van der Waals surface area contributed by atoms with Crippen molar-refractivity contribution in [2.24, 2.45) is 0 Å². The number of nitrogens with zero attached hydrogens (tertiary/aromatic N) is 4. The van der Waals surface area contributed by atoms with Gasteiger partial charge in [-0.3, -0.25) is 9.59 Å². The first-order chi connectivity index (χ1) is 57.6. The van der Waals surface area contributed by atoms with Crippen LogP contribution in [0.25, 0.3) is 72.7 Å². The Morgan fingerprint density at radius 2 is 0.737 bits per heavy atom. The number of Topliss-reactive ketones (excluding diaryl/α,β-unsaturated/α-hetero) is 2. The van der Waals surface area contributed by atoms with Crippen LogP contribution in [0.15, 0.2) is 156 Å². The highest BCUT2D eigenvalue weighted by Gasteiger charge is 2.54. The van der Waals surface area contributed by atoms with Crippen molar-refractivity contribution in [3.8, 4) is 37.4 Å². The van der Waals surface area contributed by atoms with Gasteiger partial charge >= 0.3 is 0 Å². The van der Waals surface area contributed by atoms with Crippen molar-refractivity contribution in [2.45, 2.75) is 219 Å². The molecule has 7 nitrogen and oxygen atoms in total. The zero-order chi connectivity index (χ0) is 82.5. The number of benzene rings is 7. The number of allylic oxidation sites excluding steroid dienone is 6. The smallest absolute Gasteiger partial charge is 0.270 e. The first-order valence-electron chi connectivity index (χ1n) is 42.5. The Bertz CT molecular complexity index is 5770. The van der Waals surface area contributed by atoms with Crippen molar-refractivity contribution in [1.82, 2.24) is 0 Å². The molecule has 0 spiro atoms. The van der Waals surface area contributed by atoms with Crippen LogP contribution in [-0.2, 0) is 36.5 Å². The second kappa shape index (κ2) is 37.0. The zero-order valence-electron chi connectivity index (χ0n) is 68.1. The topological polar surface area (TPSA) is 99.7 Å². The maximum Gasteiger partial charge on any atom is 0.270 e. The molecule has 0 unspecified atom stereocenters. The predicted octanol–water partition coefficient (Wildman–Crippen LogP) is 32.0. The van der Waals surface area contributed by atoms with E-state index in [4.69, 9.17) is 64.3 Å². The summed E-state index contributed by atoms with van der Waals surface area (Å²) in [6.45, 7) is 30.8. The molecule has 118 heavy (non-hydrogen) atoms. The number of fused-ring (bicyclic) bond motifs is 12. The number of ether oxygens (including phenoxy) is 1. The number of hydrogen-bond donors (Lipinski definition) is 0. The van der Waals surface area contributed by atoms with Gasteiger partial charge < -0.3 is 4.74 Å². The molecule has 15 heteroatoms. The second-order valence-corrected chi connectivity index (χ2v) is 38.0. The van der Waals surface area contributed by atoms with E-state index in [0.29, 0.717) is 28.9 Å². The largest absolute Gasteiger partial charge is 0.491 e. The maximum atomic E-state index is 15.2. The molecule has 0 atom stereocenters. The van der Waals surface area contributed by atoms with Gasteiger partial charge in [0.1, 0.15) is 5.75 Å². The highest BCUT2D eigenvalue weighted by atomic mass is 35.5. The maximum absolute atomic E-state index is 15.2.